The fourth-order valence-corrected chi connectivity index (χ4v) is 2.69. The van der Waals surface area contributed by atoms with E-state index in [1.807, 2.05) is 36.7 Å². The molecular weight excluding hydrogens is 390 g/mol. The number of hydrogen-bond donors (Lipinski definition) is 0. The van der Waals surface area contributed by atoms with E-state index in [2.05, 4.69) is 34.3 Å². The van der Waals surface area contributed by atoms with Gasteiger partial charge in [-0.3, -0.25) is 4.98 Å². The molecular formula is C17H14Cl2CoN4. The van der Waals surface area contributed by atoms with Gasteiger partial charge in [0.15, 0.2) is 5.82 Å². The number of aromatic nitrogens is 4. The normalized spacial score (nSPS) is 10.8. The van der Waals surface area contributed by atoms with Crippen LogP contribution in [0.3, 0.4) is 0 Å². The summed E-state index contributed by atoms with van der Waals surface area (Å²) in [5.41, 5.74) is 3.91. The van der Waals surface area contributed by atoms with Crippen molar-refractivity contribution in [3.05, 3.63) is 60.0 Å². The summed E-state index contributed by atoms with van der Waals surface area (Å²) in [7, 11) is 9.47. The van der Waals surface area contributed by atoms with E-state index in [0.29, 0.717) is 12.9 Å². The van der Waals surface area contributed by atoms with Crippen molar-refractivity contribution in [2.75, 3.05) is 0 Å². The van der Waals surface area contributed by atoms with Crippen LogP contribution in [0.2, 0.25) is 0 Å². The number of benzene rings is 1. The molecule has 4 aromatic rings. The number of aryl methyl sites for hydroxylation is 2. The van der Waals surface area contributed by atoms with Crippen LogP contribution < -0.4 is 0 Å². The molecule has 24 heavy (non-hydrogen) atoms. The summed E-state index contributed by atoms with van der Waals surface area (Å²) in [6, 6.07) is 14.3. The molecule has 1 aromatic carbocycles. The van der Waals surface area contributed by atoms with E-state index in [1.165, 1.54) is 0 Å². The molecule has 4 rings (SSSR count). The van der Waals surface area contributed by atoms with Gasteiger partial charge in [-0.05, 0) is 38.1 Å². The average molecular weight is 404 g/mol. The second kappa shape index (κ2) is 7.48. The first-order chi connectivity index (χ1) is 11.6. The zero-order valence-electron chi connectivity index (χ0n) is 13.0. The first-order valence-electron chi connectivity index (χ1n) is 7.16. The van der Waals surface area contributed by atoms with Gasteiger partial charge >= 0.3 is 33.2 Å². The molecule has 3 heterocycles. The maximum atomic E-state index is 4.79. The predicted molar refractivity (Wildman–Crippen MR) is 95.3 cm³/mol. The van der Waals surface area contributed by atoms with Crippen LogP contribution in [0, 0.1) is 13.8 Å². The Bertz CT molecular complexity index is 1000. The molecule has 3 aromatic heterocycles. The molecule has 0 saturated carbocycles. The van der Waals surface area contributed by atoms with Gasteiger partial charge in [0.25, 0.3) is 0 Å². The molecule has 0 N–H and O–H groups in total. The topological polar surface area (TPSA) is 43.6 Å². The van der Waals surface area contributed by atoms with E-state index in [0.717, 1.165) is 39.0 Å². The van der Waals surface area contributed by atoms with Crippen molar-refractivity contribution >= 4 is 42.1 Å². The Kier molecular flexibility index (Phi) is 5.35. The molecule has 0 radical (unpaired) electrons. The molecule has 0 atom stereocenters. The Labute approximate surface area is 154 Å². The van der Waals surface area contributed by atoms with Crippen LogP contribution in [0.5, 0.6) is 0 Å². The standard InChI is InChI=1S/C17H14N4.2ClH.Co/c1-11-10-12(2)21(20-11)15-8-7-14-6-5-13-4-3-9-18-16(13)17(14)19-15;;;/h3-10H,1-2H3;2*1H;/q;;;+2/p-2. The Morgan fingerprint density at radius 2 is 1.62 bits per heavy atom. The van der Waals surface area contributed by atoms with Crippen LogP contribution in [0.25, 0.3) is 27.6 Å². The number of fused-ring (bicyclic) bond motifs is 3. The average Bonchev–Trinajstić information content (AvgIpc) is 2.93. The predicted octanol–water partition coefficient (Wildman–Crippen LogP) is 4.96. The van der Waals surface area contributed by atoms with Gasteiger partial charge in [0.2, 0.25) is 0 Å². The van der Waals surface area contributed by atoms with Crippen LogP contribution in [-0.2, 0) is 12.9 Å². The monoisotopic (exact) mass is 403 g/mol. The summed E-state index contributed by atoms with van der Waals surface area (Å²) >= 11 is 0.382. The zero-order valence-corrected chi connectivity index (χ0v) is 15.5. The first kappa shape index (κ1) is 17.2. The number of hydrogen-bond acceptors (Lipinski definition) is 3. The van der Waals surface area contributed by atoms with Gasteiger partial charge in [0.05, 0.1) is 16.7 Å². The minimum absolute atomic E-state index is 0.382. The molecule has 0 aliphatic rings. The molecule has 0 aliphatic heterocycles. The van der Waals surface area contributed by atoms with Gasteiger partial charge in [0.1, 0.15) is 0 Å². The second-order valence-electron chi connectivity index (χ2n) is 5.27. The van der Waals surface area contributed by atoms with E-state index >= 15 is 0 Å². The molecule has 0 bridgehead atoms. The molecule has 0 unspecified atom stereocenters. The third-order valence-corrected chi connectivity index (χ3v) is 3.64. The summed E-state index contributed by atoms with van der Waals surface area (Å²) in [6.07, 6.45) is 1.80. The molecule has 0 spiro atoms. The number of halogens is 2. The van der Waals surface area contributed by atoms with Crippen molar-refractivity contribution in [2.45, 2.75) is 13.8 Å². The van der Waals surface area contributed by atoms with Crippen molar-refractivity contribution in [3.8, 4) is 5.82 Å². The van der Waals surface area contributed by atoms with Crippen LogP contribution in [0.15, 0.2) is 48.7 Å². The van der Waals surface area contributed by atoms with E-state index in [9.17, 15) is 0 Å². The third kappa shape index (κ3) is 3.39. The fraction of sp³-hybridized carbons (Fsp3) is 0.118. The quantitative estimate of drug-likeness (QED) is 0.421. The van der Waals surface area contributed by atoms with E-state index in [4.69, 9.17) is 25.3 Å². The van der Waals surface area contributed by atoms with Gasteiger partial charge < -0.3 is 0 Å². The van der Waals surface area contributed by atoms with Gasteiger partial charge in [0, 0.05) is 22.7 Å². The third-order valence-electron chi connectivity index (χ3n) is 3.64. The number of rotatable bonds is 1. The molecule has 4 nitrogen and oxygen atoms in total. The van der Waals surface area contributed by atoms with Gasteiger partial charge in [-0.1, -0.05) is 18.2 Å². The Morgan fingerprint density at radius 1 is 0.958 bits per heavy atom. The first-order valence-corrected chi connectivity index (χ1v) is 10.0. The summed E-state index contributed by atoms with van der Waals surface area (Å²) in [5.74, 6) is 0.825. The second-order valence-corrected chi connectivity index (χ2v) is 6.99. The van der Waals surface area contributed by atoms with Crippen LogP contribution >= 0.6 is 20.3 Å². The minimum atomic E-state index is 0.382. The SMILES string of the molecule is Cc1cc(C)n(-c2ccc3ccc4cccnc4c3n2)n1.[Cl][Co][Cl]. The maximum absolute atomic E-state index is 4.79. The van der Waals surface area contributed by atoms with Gasteiger partial charge in [-0.15, -0.1) is 0 Å². The van der Waals surface area contributed by atoms with Crippen molar-refractivity contribution in [3.63, 3.8) is 0 Å². The van der Waals surface area contributed by atoms with Crippen LogP contribution in [-0.4, -0.2) is 19.7 Å². The summed E-state index contributed by atoms with van der Waals surface area (Å²) in [5, 5.41) is 6.69. The van der Waals surface area contributed by atoms with Crippen molar-refractivity contribution in [1.29, 1.82) is 0 Å². The molecule has 0 fully saturated rings. The fourth-order valence-electron chi connectivity index (χ4n) is 2.69. The molecule has 7 heteroatoms. The molecule has 0 saturated heterocycles. The molecule has 125 valence electrons. The summed E-state index contributed by atoms with van der Waals surface area (Å²) in [6.45, 7) is 4.02. The number of pyridine rings is 2. The summed E-state index contributed by atoms with van der Waals surface area (Å²) in [4.78, 5) is 9.27. The summed E-state index contributed by atoms with van der Waals surface area (Å²) < 4.78 is 1.87. The Hall–Kier alpha value is -1.66. The molecule has 0 amide bonds. The van der Waals surface area contributed by atoms with E-state index in [1.54, 1.807) is 6.20 Å². The van der Waals surface area contributed by atoms with Crippen molar-refractivity contribution in [1.82, 2.24) is 19.7 Å². The Morgan fingerprint density at radius 3 is 2.29 bits per heavy atom. The van der Waals surface area contributed by atoms with Crippen molar-refractivity contribution < 1.29 is 12.9 Å². The zero-order chi connectivity index (χ0) is 17.1. The Balaban J connectivity index is 0.000000526. The van der Waals surface area contributed by atoms with E-state index in [-0.39, 0.29) is 0 Å². The van der Waals surface area contributed by atoms with Crippen LogP contribution in [0.1, 0.15) is 11.4 Å². The van der Waals surface area contributed by atoms with E-state index < -0.39 is 0 Å². The molecule has 0 aliphatic carbocycles. The number of nitrogens with zero attached hydrogens (tertiary/aromatic N) is 4. The van der Waals surface area contributed by atoms with Crippen LogP contribution in [0.4, 0.5) is 0 Å². The van der Waals surface area contributed by atoms with Crippen molar-refractivity contribution in [2.24, 2.45) is 0 Å². The van der Waals surface area contributed by atoms with Gasteiger partial charge in [-0.25, -0.2) is 9.67 Å². The van der Waals surface area contributed by atoms with Gasteiger partial charge in [-0.2, -0.15) is 5.10 Å².